The van der Waals surface area contributed by atoms with Gasteiger partial charge in [0.25, 0.3) is 0 Å². The lowest BCUT2D eigenvalue weighted by Gasteiger charge is -2.48. The number of rotatable bonds is 9. The molecule has 246 valence electrons. The summed E-state index contributed by atoms with van der Waals surface area (Å²) in [5, 5.41) is 21.3. The van der Waals surface area contributed by atoms with Gasteiger partial charge in [0, 0.05) is 28.5 Å². The molecule has 8 nitrogen and oxygen atoms in total. The minimum Gasteiger partial charge on any atom is -0.506 e. The van der Waals surface area contributed by atoms with E-state index < -0.39 is 46.5 Å². The van der Waals surface area contributed by atoms with E-state index in [-0.39, 0.29) is 34.6 Å². The van der Waals surface area contributed by atoms with Crippen LogP contribution in [0.25, 0.3) is 6.08 Å². The number of phenols is 1. The van der Waals surface area contributed by atoms with Crippen molar-refractivity contribution in [3.63, 3.8) is 0 Å². The highest BCUT2D eigenvalue weighted by Crippen LogP contribution is 2.61. The Balaban J connectivity index is 1.75. The molecule has 2 unspecified atom stereocenters. The standard InChI is InChI=1S/C38H46O8/c1-21(2)10-9-16-37(8)17-15-25-31(40)30-32(41)27-18-24(20-39)19-28-36(6,7)44-29(14-12-23(5)35(42)43)38(27,28)46-34(30)26(33(25)45-37)13-11-22(3)4/h10-12,15,17-18,20,24,28-29,40H,9,13-14,16,19H2,1-8H3,(H,42,43)/b23-12-/t24-,28?,29?,37-,38-/m1/s1. The monoisotopic (exact) mass is 630 g/mol. The molecule has 0 saturated carbocycles. The average Bonchev–Trinajstić information content (AvgIpc) is 3.19. The van der Waals surface area contributed by atoms with Crippen LogP contribution in [-0.2, 0) is 20.7 Å². The van der Waals surface area contributed by atoms with Crippen LogP contribution in [0.1, 0.15) is 103 Å². The van der Waals surface area contributed by atoms with Crippen LogP contribution in [0.5, 0.6) is 17.2 Å². The molecule has 1 aromatic rings. The van der Waals surface area contributed by atoms with Gasteiger partial charge in [-0.2, -0.15) is 0 Å². The molecule has 0 amide bonds. The number of carbonyl (C=O) groups is 3. The van der Waals surface area contributed by atoms with Gasteiger partial charge in [-0.1, -0.05) is 35.5 Å². The number of aldehydes is 1. The van der Waals surface area contributed by atoms with Crippen molar-refractivity contribution in [1.29, 1.82) is 0 Å². The molecule has 5 rings (SSSR count). The fourth-order valence-corrected chi connectivity index (χ4v) is 7.38. The number of carboxylic acid groups (broad SMARTS) is 1. The van der Waals surface area contributed by atoms with Crippen molar-refractivity contribution >= 4 is 24.1 Å². The molecule has 5 atom stereocenters. The predicted molar refractivity (Wildman–Crippen MR) is 176 cm³/mol. The third-order valence-corrected chi connectivity index (χ3v) is 9.84. The van der Waals surface area contributed by atoms with Gasteiger partial charge in [-0.15, -0.1) is 0 Å². The Morgan fingerprint density at radius 3 is 2.35 bits per heavy atom. The first-order chi connectivity index (χ1) is 21.5. The summed E-state index contributed by atoms with van der Waals surface area (Å²) in [6.07, 6.45) is 13.8. The van der Waals surface area contributed by atoms with Gasteiger partial charge in [0.2, 0.25) is 0 Å². The molecule has 3 heterocycles. The topological polar surface area (TPSA) is 119 Å². The molecule has 0 radical (unpaired) electrons. The second-order valence-corrected chi connectivity index (χ2v) is 14.4. The van der Waals surface area contributed by atoms with Crippen molar-refractivity contribution in [1.82, 2.24) is 0 Å². The Labute approximate surface area is 271 Å². The molecular formula is C38H46O8. The summed E-state index contributed by atoms with van der Waals surface area (Å²) in [4.78, 5) is 38.6. The number of benzene rings is 1. The highest BCUT2D eigenvalue weighted by Gasteiger charge is 2.68. The summed E-state index contributed by atoms with van der Waals surface area (Å²) in [5.41, 5.74) is 1.03. The fraction of sp³-hybridized carbons (Fsp3) is 0.500. The number of fused-ring (bicyclic) bond motifs is 2. The van der Waals surface area contributed by atoms with Crippen LogP contribution in [0.4, 0.5) is 0 Å². The molecule has 8 heteroatoms. The number of aromatic hydroxyl groups is 1. The summed E-state index contributed by atoms with van der Waals surface area (Å²) in [7, 11) is 0. The third-order valence-electron chi connectivity index (χ3n) is 9.84. The number of carbonyl (C=O) groups excluding carboxylic acids is 2. The first-order valence-electron chi connectivity index (χ1n) is 16.1. The molecule has 46 heavy (non-hydrogen) atoms. The number of carboxylic acids is 1. The van der Waals surface area contributed by atoms with E-state index in [1.54, 1.807) is 12.2 Å². The summed E-state index contributed by atoms with van der Waals surface area (Å²) in [6, 6.07) is 0. The van der Waals surface area contributed by atoms with E-state index >= 15 is 0 Å². The van der Waals surface area contributed by atoms with E-state index in [4.69, 9.17) is 14.2 Å². The van der Waals surface area contributed by atoms with Crippen molar-refractivity contribution in [2.75, 3.05) is 0 Å². The molecule has 1 spiro atoms. The Kier molecular flexibility index (Phi) is 8.75. The lowest BCUT2D eigenvalue weighted by atomic mass is 9.62. The molecule has 0 bridgehead atoms. The highest BCUT2D eigenvalue weighted by molar-refractivity contribution is 6.16. The number of Topliss-reactive ketones (excluding diaryl/α,β-unsaturated/α-hetero) is 1. The number of ketones is 1. The molecule has 2 N–H and O–H groups in total. The molecule has 0 aromatic heterocycles. The van der Waals surface area contributed by atoms with E-state index in [0.717, 1.165) is 18.3 Å². The van der Waals surface area contributed by atoms with Crippen molar-refractivity contribution < 1.29 is 38.8 Å². The zero-order valence-electron chi connectivity index (χ0n) is 28.2. The van der Waals surface area contributed by atoms with Crippen LogP contribution in [-0.4, -0.2) is 51.2 Å². The maximum Gasteiger partial charge on any atom is 0.330 e. The molecule has 1 aliphatic carbocycles. The predicted octanol–water partition coefficient (Wildman–Crippen LogP) is 7.49. The van der Waals surface area contributed by atoms with Gasteiger partial charge >= 0.3 is 5.97 Å². The van der Waals surface area contributed by atoms with Crippen molar-refractivity contribution in [2.24, 2.45) is 11.8 Å². The quantitative estimate of drug-likeness (QED) is 0.164. The van der Waals surface area contributed by atoms with E-state index in [1.165, 1.54) is 12.5 Å². The number of ether oxygens (including phenoxy) is 3. The van der Waals surface area contributed by atoms with Crippen LogP contribution in [0.15, 0.2) is 52.7 Å². The minimum atomic E-state index is -1.32. The van der Waals surface area contributed by atoms with Gasteiger partial charge in [0.05, 0.1) is 11.2 Å². The molecule has 1 fully saturated rings. The first-order valence-corrected chi connectivity index (χ1v) is 16.1. The minimum absolute atomic E-state index is 0.0418. The Bertz CT molecular complexity index is 1630. The molecule has 3 aliphatic heterocycles. The van der Waals surface area contributed by atoms with Gasteiger partial charge in [-0.05, 0) is 99.6 Å². The number of allylic oxidation sites excluding steroid dienone is 5. The van der Waals surface area contributed by atoms with Gasteiger partial charge in [-0.3, -0.25) is 4.79 Å². The maximum absolute atomic E-state index is 14.7. The van der Waals surface area contributed by atoms with Crippen molar-refractivity contribution in [3.8, 4) is 17.2 Å². The maximum atomic E-state index is 14.7. The van der Waals surface area contributed by atoms with Gasteiger partial charge < -0.3 is 29.2 Å². The highest BCUT2D eigenvalue weighted by atomic mass is 16.6. The molecule has 4 aliphatic rings. The fourth-order valence-electron chi connectivity index (χ4n) is 7.38. The lowest BCUT2D eigenvalue weighted by molar-refractivity contribution is -0.132. The summed E-state index contributed by atoms with van der Waals surface area (Å²) in [6.45, 7) is 15.5. The van der Waals surface area contributed by atoms with Crippen LogP contribution >= 0.6 is 0 Å². The average molecular weight is 631 g/mol. The smallest absolute Gasteiger partial charge is 0.330 e. The van der Waals surface area contributed by atoms with Crippen LogP contribution in [0, 0.1) is 11.8 Å². The molecular weight excluding hydrogens is 584 g/mol. The number of phenolic OH excluding ortho intramolecular Hbond substituents is 1. The van der Waals surface area contributed by atoms with Crippen LogP contribution < -0.4 is 9.47 Å². The summed E-state index contributed by atoms with van der Waals surface area (Å²) < 4.78 is 20.5. The van der Waals surface area contributed by atoms with Crippen LogP contribution in [0.2, 0.25) is 0 Å². The van der Waals surface area contributed by atoms with Crippen molar-refractivity contribution in [3.05, 3.63) is 69.4 Å². The lowest BCUT2D eigenvalue weighted by Crippen LogP contribution is -2.58. The number of hydrogen-bond donors (Lipinski definition) is 2. The third kappa shape index (κ3) is 5.65. The largest absolute Gasteiger partial charge is 0.506 e. The number of hydrogen-bond acceptors (Lipinski definition) is 7. The second-order valence-electron chi connectivity index (χ2n) is 14.4. The van der Waals surface area contributed by atoms with Gasteiger partial charge in [0.15, 0.2) is 11.4 Å². The zero-order chi connectivity index (χ0) is 33.8. The Morgan fingerprint density at radius 2 is 1.72 bits per heavy atom. The summed E-state index contributed by atoms with van der Waals surface area (Å²) >= 11 is 0. The molecule has 1 aromatic carbocycles. The Hall–Kier alpha value is -3.91. The van der Waals surface area contributed by atoms with Gasteiger partial charge in [-0.25, -0.2) is 4.79 Å². The van der Waals surface area contributed by atoms with Crippen LogP contribution in [0.3, 0.4) is 0 Å². The van der Waals surface area contributed by atoms with E-state index in [9.17, 15) is 24.6 Å². The van der Waals surface area contributed by atoms with Crippen molar-refractivity contribution in [2.45, 2.75) is 110 Å². The SMILES string of the molecule is CC(C)=CCC[C@]1(C)C=Cc2c(O)c3c(c(CC=C(C)C)c2O1)O[C@]12C(=C[C@@H](C=O)CC1C(C)(C)OC2C/C=C(/C)C(=O)O)C3=O. The van der Waals surface area contributed by atoms with E-state index in [1.807, 2.05) is 52.8 Å². The van der Waals surface area contributed by atoms with Gasteiger partial charge in [0.1, 0.15) is 40.8 Å². The van der Waals surface area contributed by atoms with E-state index in [0.29, 0.717) is 36.1 Å². The molecule has 1 saturated heterocycles. The van der Waals surface area contributed by atoms with E-state index in [2.05, 4.69) is 19.9 Å². The summed E-state index contributed by atoms with van der Waals surface area (Å²) in [5.74, 6) is -1.94. The zero-order valence-corrected chi connectivity index (χ0v) is 28.2. The first kappa shape index (κ1) is 33.5. The normalized spacial score (nSPS) is 28.8. The number of aliphatic carboxylic acids is 1. The second kappa shape index (κ2) is 12.0. The Morgan fingerprint density at radius 1 is 1.02 bits per heavy atom.